The lowest BCUT2D eigenvalue weighted by Crippen LogP contribution is -2.23. The first-order chi connectivity index (χ1) is 14.1. The standard InChI is InChI=1S/C21H21N3O5/c1-13-15(12-16-17(22-13)5-6-24(21(16)26)7-8-27-2)20(25)23-14-3-4-18-19(11-14)29-10-9-28-18/h3-6,11-12H,7-10H2,1-2H3,(H,23,25). The third-order valence-corrected chi connectivity index (χ3v) is 4.73. The van der Waals surface area contributed by atoms with Gasteiger partial charge in [-0.15, -0.1) is 0 Å². The fourth-order valence-corrected chi connectivity index (χ4v) is 3.22. The molecule has 1 aromatic carbocycles. The van der Waals surface area contributed by atoms with Crippen LogP contribution in [0.4, 0.5) is 5.69 Å². The summed E-state index contributed by atoms with van der Waals surface area (Å²) in [4.78, 5) is 30.0. The number of aromatic nitrogens is 2. The Bertz CT molecular complexity index is 1140. The molecule has 150 valence electrons. The highest BCUT2D eigenvalue weighted by molar-refractivity contribution is 6.06. The number of benzene rings is 1. The molecule has 1 aliphatic rings. The largest absolute Gasteiger partial charge is 0.486 e. The van der Waals surface area contributed by atoms with Gasteiger partial charge in [-0.3, -0.25) is 14.6 Å². The first-order valence-electron chi connectivity index (χ1n) is 9.27. The van der Waals surface area contributed by atoms with Gasteiger partial charge in [0, 0.05) is 31.6 Å². The number of ether oxygens (including phenoxy) is 3. The van der Waals surface area contributed by atoms with E-state index in [1.807, 2.05) is 0 Å². The van der Waals surface area contributed by atoms with Crippen LogP contribution in [0.3, 0.4) is 0 Å². The quantitative estimate of drug-likeness (QED) is 0.713. The van der Waals surface area contributed by atoms with Crippen molar-refractivity contribution in [3.63, 3.8) is 0 Å². The van der Waals surface area contributed by atoms with E-state index in [4.69, 9.17) is 14.2 Å². The molecule has 0 aliphatic carbocycles. The summed E-state index contributed by atoms with van der Waals surface area (Å²) in [5, 5.41) is 3.23. The zero-order chi connectivity index (χ0) is 20.4. The predicted octanol–water partition coefficient (Wildman–Crippen LogP) is 2.37. The smallest absolute Gasteiger partial charge is 0.260 e. The third kappa shape index (κ3) is 3.79. The van der Waals surface area contributed by atoms with Gasteiger partial charge in [0.25, 0.3) is 11.5 Å². The lowest BCUT2D eigenvalue weighted by molar-refractivity contribution is 0.102. The molecule has 29 heavy (non-hydrogen) atoms. The maximum atomic E-state index is 12.9. The summed E-state index contributed by atoms with van der Waals surface area (Å²) in [6, 6.07) is 8.57. The number of hydrogen-bond donors (Lipinski definition) is 1. The van der Waals surface area contributed by atoms with Crippen LogP contribution in [0.25, 0.3) is 10.9 Å². The second kappa shape index (κ2) is 7.92. The molecule has 1 aliphatic heterocycles. The van der Waals surface area contributed by atoms with Crippen LogP contribution in [0.15, 0.2) is 41.3 Å². The fourth-order valence-electron chi connectivity index (χ4n) is 3.22. The zero-order valence-electron chi connectivity index (χ0n) is 16.2. The number of pyridine rings is 2. The normalized spacial score (nSPS) is 12.8. The van der Waals surface area contributed by atoms with Gasteiger partial charge >= 0.3 is 0 Å². The molecule has 0 radical (unpaired) electrons. The molecule has 8 heteroatoms. The maximum absolute atomic E-state index is 12.9. The molecule has 0 fully saturated rings. The number of nitrogens with one attached hydrogen (secondary N) is 1. The van der Waals surface area contributed by atoms with Crippen molar-refractivity contribution in [3.8, 4) is 11.5 Å². The molecule has 0 saturated carbocycles. The minimum Gasteiger partial charge on any atom is -0.486 e. The highest BCUT2D eigenvalue weighted by Gasteiger charge is 2.16. The van der Waals surface area contributed by atoms with Crippen LogP contribution in [-0.4, -0.2) is 42.4 Å². The van der Waals surface area contributed by atoms with Crippen LogP contribution in [0.2, 0.25) is 0 Å². The van der Waals surface area contributed by atoms with E-state index in [0.717, 1.165) is 0 Å². The minimum atomic E-state index is -0.347. The molecule has 0 spiro atoms. The first-order valence-corrected chi connectivity index (χ1v) is 9.27. The summed E-state index contributed by atoms with van der Waals surface area (Å²) in [6.07, 6.45) is 1.69. The second-order valence-electron chi connectivity index (χ2n) is 6.67. The van der Waals surface area contributed by atoms with Crippen molar-refractivity contribution < 1.29 is 19.0 Å². The number of methoxy groups -OCH3 is 1. The molecule has 1 amide bonds. The molecular formula is C21H21N3O5. The average Bonchev–Trinajstić information content (AvgIpc) is 2.73. The lowest BCUT2D eigenvalue weighted by atomic mass is 10.1. The van der Waals surface area contributed by atoms with Crippen molar-refractivity contribution in [2.24, 2.45) is 0 Å². The monoisotopic (exact) mass is 395 g/mol. The first kappa shape index (κ1) is 18.9. The number of fused-ring (bicyclic) bond motifs is 2. The van der Waals surface area contributed by atoms with Crippen molar-refractivity contribution in [3.05, 3.63) is 58.1 Å². The predicted molar refractivity (Wildman–Crippen MR) is 108 cm³/mol. The molecule has 0 atom stereocenters. The number of carbonyl (C=O) groups is 1. The van der Waals surface area contributed by atoms with Gasteiger partial charge in [-0.2, -0.15) is 0 Å². The molecule has 0 saturated heterocycles. The summed E-state index contributed by atoms with van der Waals surface area (Å²) in [5.41, 5.74) is 1.80. The van der Waals surface area contributed by atoms with Gasteiger partial charge in [0.1, 0.15) is 13.2 Å². The summed E-state index contributed by atoms with van der Waals surface area (Å²) in [5.74, 6) is 0.887. The molecule has 3 aromatic rings. The Morgan fingerprint density at radius 1 is 1.21 bits per heavy atom. The Morgan fingerprint density at radius 2 is 2.00 bits per heavy atom. The van der Waals surface area contributed by atoms with Crippen molar-refractivity contribution >= 4 is 22.5 Å². The number of carbonyl (C=O) groups excluding carboxylic acids is 1. The maximum Gasteiger partial charge on any atom is 0.260 e. The van der Waals surface area contributed by atoms with Gasteiger partial charge in [-0.25, -0.2) is 0 Å². The van der Waals surface area contributed by atoms with Crippen molar-refractivity contribution in [1.29, 1.82) is 0 Å². The van der Waals surface area contributed by atoms with Crippen LogP contribution in [-0.2, 0) is 11.3 Å². The second-order valence-corrected chi connectivity index (χ2v) is 6.67. The number of nitrogens with zero attached hydrogens (tertiary/aromatic N) is 2. The van der Waals surface area contributed by atoms with Crippen molar-refractivity contribution in [2.45, 2.75) is 13.5 Å². The SMILES string of the molecule is COCCn1ccc2nc(C)c(C(=O)Nc3ccc4c(c3)OCCO4)cc2c1=O. The van der Waals surface area contributed by atoms with E-state index >= 15 is 0 Å². The van der Waals surface area contributed by atoms with Gasteiger partial charge in [-0.05, 0) is 31.2 Å². The molecular weight excluding hydrogens is 374 g/mol. The van der Waals surface area contributed by atoms with Gasteiger partial charge in [0.15, 0.2) is 11.5 Å². The van der Waals surface area contributed by atoms with Crippen LogP contribution in [0.5, 0.6) is 11.5 Å². The molecule has 0 unspecified atom stereocenters. The van der Waals surface area contributed by atoms with E-state index in [1.54, 1.807) is 55.1 Å². The van der Waals surface area contributed by atoms with Gasteiger partial charge in [0.2, 0.25) is 0 Å². The number of amides is 1. The summed E-state index contributed by atoms with van der Waals surface area (Å²) in [6.45, 7) is 3.56. The number of aryl methyl sites for hydroxylation is 1. The van der Waals surface area contributed by atoms with Gasteiger partial charge in [0.05, 0.1) is 28.8 Å². The third-order valence-electron chi connectivity index (χ3n) is 4.73. The Kier molecular flexibility index (Phi) is 5.18. The molecule has 3 heterocycles. The van der Waals surface area contributed by atoms with Crippen LogP contribution >= 0.6 is 0 Å². The van der Waals surface area contributed by atoms with E-state index < -0.39 is 0 Å². The highest BCUT2D eigenvalue weighted by Crippen LogP contribution is 2.32. The van der Waals surface area contributed by atoms with Crippen LogP contribution < -0.4 is 20.3 Å². The Labute approximate surface area is 167 Å². The number of anilines is 1. The molecule has 2 aromatic heterocycles. The van der Waals surface area contributed by atoms with E-state index in [9.17, 15) is 9.59 Å². The fraction of sp³-hybridized carbons (Fsp3) is 0.286. The lowest BCUT2D eigenvalue weighted by Gasteiger charge is -2.19. The van der Waals surface area contributed by atoms with E-state index in [1.165, 1.54) is 0 Å². The van der Waals surface area contributed by atoms with Crippen molar-refractivity contribution in [2.75, 3.05) is 32.2 Å². The molecule has 1 N–H and O–H groups in total. The molecule has 0 bridgehead atoms. The van der Waals surface area contributed by atoms with Gasteiger partial charge in [-0.1, -0.05) is 0 Å². The summed E-state index contributed by atoms with van der Waals surface area (Å²) in [7, 11) is 1.58. The van der Waals surface area contributed by atoms with E-state index in [-0.39, 0.29) is 11.5 Å². The van der Waals surface area contributed by atoms with E-state index in [2.05, 4.69) is 10.3 Å². The summed E-state index contributed by atoms with van der Waals surface area (Å²) >= 11 is 0. The Balaban J connectivity index is 1.65. The van der Waals surface area contributed by atoms with E-state index in [0.29, 0.717) is 65.7 Å². The van der Waals surface area contributed by atoms with Crippen LogP contribution in [0, 0.1) is 6.92 Å². The molecule has 8 nitrogen and oxygen atoms in total. The number of rotatable bonds is 5. The number of hydrogen-bond acceptors (Lipinski definition) is 6. The summed E-state index contributed by atoms with van der Waals surface area (Å²) < 4.78 is 17.6. The highest BCUT2D eigenvalue weighted by atomic mass is 16.6. The Hall–Kier alpha value is -3.39. The van der Waals surface area contributed by atoms with Crippen molar-refractivity contribution in [1.82, 2.24) is 9.55 Å². The van der Waals surface area contributed by atoms with Gasteiger partial charge < -0.3 is 24.1 Å². The Morgan fingerprint density at radius 3 is 2.79 bits per heavy atom. The van der Waals surface area contributed by atoms with Crippen LogP contribution in [0.1, 0.15) is 16.1 Å². The topological polar surface area (TPSA) is 91.7 Å². The molecule has 4 rings (SSSR count). The minimum absolute atomic E-state index is 0.208. The zero-order valence-corrected chi connectivity index (χ0v) is 16.2. The average molecular weight is 395 g/mol.